The van der Waals surface area contributed by atoms with E-state index in [-0.39, 0.29) is 5.91 Å². The average molecular weight is 237 g/mol. The molecule has 0 aliphatic carbocycles. The standard InChI is InChI=1S/C11H15N3OS/c1-12-4-5-13-8-2-3-10-9(6-8)14-11(15)7-16-10/h2-3,6,12-13H,4-5,7H2,1H3,(H,14,15). The Morgan fingerprint density at radius 2 is 2.31 bits per heavy atom. The summed E-state index contributed by atoms with van der Waals surface area (Å²) in [5.74, 6) is 0.587. The molecule has 0 saturated heterocycles. The van der Waals surface area contributed by atoms with Crippen LogP contribution in [-0.2, 0) is 4.79 Å². The highest BCUT2D eigenvalue weighted by Crippen LogP contribution is 2.33. The Bertz CT molecular complexity index is 395. The molecule has 0 atom stereocenters. The van der Waals surface area contributed by atoms with E-state index in [4.69, 9.17) is 0 Å². The van der Waals surface area contributed by atoms with Crippen LogP contribution in [-0.4, -0.2) is 31.8 Å². The fourth-order valence-corrected chi connectivity index (χ4v) is 2.31. The van der Waals surface area contributed by atoms with E-state index in [0.717, 1.165) is 29.4 Å². The van der Waals surface area contributed by atoms with E-state index in [0.29, 0.717) is 5.75 Å². The van der Waals surface area contributed by atoms with Gasteiger partial charge in [0.1, 0.15) is 0 Å². The van der Waals surface area contributed by atoms with Gasteiger partial charge in [-0.25, -0.2) is 0 Å². The molecule has 0 radical (unpaired) electrons. The van der Waals surface area contributed by atoms with Crippen LogP contribution in [0, 0.1) is 0 Å². The zero-order valence-electron chi connectivity index (χ0n) is 9.17. The number of carbonyl (C=O) groups is 1. The molecule has 0 bridgehead atoms. The lowest BCUT2D eigenvalue weighted by molar-refractivity contribution is -0.113. The van der Waals surface area contributed by atoms with Crippen molar-refractivity contribution in [2.75, 3.05) is 36.5 Å². The van der Waals surface area contributed by atoms with Crippen LogP contribution in [0.5, 0.6) is 0 Å². The van der Waals surface area contributed by atoms with Crippen LogP contribution < -0.4 is 16.0 Å². The van der Waals surface area contributed by atoms with E-state index < -0.39 is 0 Å². The summed E-state index contributed by atoms with van der Waals surface area (Å²) < 4.78 is 0. The largest absolute Gasteiger partial charge is 0.384 e. The van der Waals surface area contributed by atoms with Crippen molar-refractivity contribution in [3.8, 4) is 0 Å². The molecule has 16 heavy (non-hydrogen) atoms. The van der Waals surface area contributed by atoms with Gasteiger partial charge in [-0.1, -0.05) is 0 Å². The van der Waals surface area contributed by atoms with Crippen molar-refractivity contribution < 1.29 is 4.79 Å². The van der Waals surface area contributed by atoms with Gasteiger partial charge in [0.2, 0.25) is 5.91 Å². The molecule has 1 amide bonds. The van der Waals surface area contributed by atoms with Crippen molar-refractivity contribution in [3.05, 3.63) is 18.2 Å². The van der Waals surface area contributed by atoms with E-state index >= 15 is 0 Å². The quantitative estimate of drug-likeness (QED) is 0.692. The van der Waals surface area contributed by atoms with Crippen molar-refractivity contribution in [3.63, 3.8) is 0 Å². The Morgan fingerprint density at radius 1 is 1.44 bits per heavy atom. The molecule has 2 rings (SSSR count). The Kier molecular flexibility index (Phi) is 3.69. The highest BCUT2D eigenvalue weighted by molar-refractivity contribution is 8.00. The van der Waals surface area contributed by atoms with Gasteiger partial charge in [0.15, 0.2) is 0 Å². The molecule has 0 fully saturated rings. The molecule has 1 aromatic rings. The minimum Gasteiger partial charge on any atom is -0.384 e. The third-order valence-electron chi connectivity index (χ3n) is 2.32. The zero-order valence-corrected chi connectivity index (χ0v) is 9.99. The van der Waals surface area contributed by atoms with Crippen molar-refractivity contribution in [1.29, 1.82) is 0 Å². The summed E-state index contributed by atoms with van der Waals surface area (Å²) in [5.41, 5.74) is 1.95. The molecule has 4 nitrogen and oxygen atoms in total. The Balaban J connectivity index is 2.06. The molecular formula is C11H15N3OS. The molecular weight excluding hydrogens is 222 g/mol. The van der Waals surface area contributed by atoms with E-state index in [2.05, 4.69) is 16.0 Å². The SMILES string of the molecule is CNCCNc1ccc2c(c1)NC(=O)CS2. The van der Waals surface area contributed by atoms with Crippen LogP contribution in [0.3, 0.4) is 0 Å². The maximum atomic E-state index is 11.2. The minimum atomic E-state index is 0.0740. The van der Waals surface area contributed by atoms with Crippen LogP contribution in [0.15, 0.2) is 23.1 Å². The van der Waals surface area contributed by atoms with Gasteiger partial charge in [-0.2, -0.15) is 0 Å². The third-order valence-corrected chi connectivity index (χ3v) is 3.39. The highest BCUT2D eigenvalue weighted by Gasteiger charge is 2.14. The van der Waals surface area contributed by atoms with E-state index in [1.807, 2.05) is 25.2 Å². The van der Waals surface area contributed by atoms with E-state index in [1.165, 1.54) is 0 Å². The molecule has 1 heterocycles. The smallest absolute Gasteiger partial charge is 0.234 e. The van der Waals surface area contributed by atoms with Crippen LogP contribution in [0.2, 0.25) is 0 Å². The van der Waals surface area contributed by atoms with Crippen molar-refractivity contribution >= 4 is 29.0 Å². The normalized spacial score (nSPS) is 14.2. The molecule has 1 aliphatic heterocycles. The number of thioether (sulfide) groups is 1. The second kappa shape index (κ2) is 5.23. The predicted molar refractivity (Wildman–Crippen MR) is 68.2 cm³/mol. The number of rotatable bonds is 4. The topological polar surface area (TPSA) is 53.2 Å². The maximum Gasteiger partial charge on any atom is 0.234 e. The second-order valence-corrected chi connectivity index (χ2v) is 4.60. The summed E-state index contributed by atoms with van der Waals surface area (Å²) in [6.07, 6.45) is 0. The van der Waals surface area contributed by atoms with Crippen molar-refractivity contribution in [2.24, 2.45) is 0 Å². The molecule has 0 saturated carbocycles. The molecule has 3 N–H and O–H groups in total. The van der Waals surface area contributed by atoms with Gasteiger partial charge in [0.25, 0.3) is 0 Å². The number of hydrogen-bond donors (Lipinski definition) is 3. The molecule has 1 aromatic carbocycles. The fraction of sp³-hybridized carbons (Fsp3) is 0.364. The zero-order chi connectivity index (χ0) is 11.4. The van der Waals surface area contributed by atoms with Gasteiger partial charge in [-0.05, 0) is 25.2 Å². The van der Waals surface area contributed by atoms with Crippen molar-refractivity contribution in [2.45, 2.75) is 4.90 Å². The number of fused-ring (bicyclic) bond motifs is 1. The van der Waals surface area contributed by atoms with Crippen LogP contribution in [0.25, 0.3) is 0 Å². The number of carbonyl (C=O) groups excluding carboxylic acids is 1. The number of nitrogens with one attached hydrogen (secondary N) is 3. The Morgan fingerprint density at radius 3 is 3.12 bits per heavy atom. The monoisotopic (exact) mass is 237 g/mol. The molecule has 1 aliphatic rings. The lowest BCUT2D eigenvalue weighted by atomic mass is 10.2. The number of likely N-dealkylation sites (N-methyl/N-ethyl adjacent to an activating group) is 1. The first kappa shape index (κ1) is 11.3. The summed E-state index contributed by atoms with van der Waals surface area (Å²) >= 11 is 1.58. The van der Waals surface area contributed by atoms with E-state index in [9.17, 15) is 4.79 Å². The lowest BCUT2D eigenvalue weighted by Crippen LogP contribution is -2.20. The summed E-state index contributed by atoms with van der Waals surface area (Å²) in [5, 5.41) is 9.23. The number of anilines is 2. The van der Waals surface area contributed by atoms with Gasteiger partial charge in [0, 0.05) is 23.7 Å². The lowest BCUT2D eigenvalue weighted by Gasteiger charge is -2.17. The minimum absolute atomic E-state index is 0.0740. The fourth-order valence-electron chi connectivity index (χ4n) is 1.52. The molecule has 0 spiro atoms. The van der Waals surface area contributed by atoms with Gasteiger partial charge in [0.05, 0.1) is 11.4 Å². The van der Waals surface area contributed by atoms with Gasteiger partial charge < -0.3 is 16.0 Å². The summed E-state index contributed by atoms with van der Waals surface area (Å²) in [7, 11) is 1.92. The highest BCUT2D eigenvalue weighted by atomic mass is 32.2. The summed E-state index contributed by atoms with van der Waals surface area (Å²) in [6, 6.07) is 6.06. The first-order chi connectivity index (χ1) is 7.79. The number of amides is 1. The molecule has 0 unspecified atom stereocenters. The number of hydrogen-bond acceptors (Lipinski definition) is 4. The first-order valence-corrected chi connectivity index (χ1v) is 6.23. The van der Waals surface area contributed by atoms with Gasteiger partial charge in [-0.15, -0.1) is 11.8 Å². The van der Waals surface area contributed by atoms with Crippen LogP contribution in [0.4, 0.5) is 11.4 Å². The molecule has 86 valence electrons. The third kappa shape index (κ3) is 2.68. The summed E-state index contributed by atoms with van der Waals surface area (Å²) in [4.78, 5) is 12.4. The van der Waals surface area contributed by atoms with Crippen LogP contribution in [0.1, 0.15) is 0 Å². The van der Waals surface area contributed by atoms with E-state index in [1.54, 1.807) is 11.8 Å². The maximum absolute atomic E-state index is 11.2. The molecule has 0 aromatic heterocycles. The van der Waals surface area contributed by atoms with Crippen molar-refractivity contribution in [1.82, 2.24) is 5.32 Å². The summed E-state index contributed by atoms with van der Waals surface area (Å²) in [6.45, 7) is 1.79. The Labute approximate surface area is 99.2 Å². The number of benzene rings is 1. The Hall–Kier alpha value is -1.20. The predicted octanol–water partition coefficient (Wildman–Crippen LogP) is 1.36. The molecule has 5 heteroatoms. The van der Waals surface area contributed by atoms with Gasteiger partial charge in [-0.3, -0.25) is 4.79 Å². The first-order valence-electron chi connectivity index (χ1n) is 5.25. The van der Waals surface area contributed by atoms with Gasteiger partial charge >= 0.3 is 0 Å². The average Bonchev–Trinajstić information content (AvgIpc) is 2.29. The second-order valence-electron chi connectivity index (χ2n) is 3.58. The van der Waals surface area contributed by atoms with Crippen LogP contribution >= 0.6 is 11.8 Å².